The number of aromatic nitrogens is 1. The molecule has 0 saturated heterocycles. The zero-order valence-electron chi connectivity index (χ0n) is 10.2. The molecule has 0 aliphatic rings. The summed E-state index contributed by atoms with van der Waals surface area (Å²) in [5.41, 5.74) is 2.63. The van der Waals surface area contributed by atoms with E-state index < -0.39 is 11.8 Å². The van der Waals surface area contributed by atoms with Crippen LogP contribution < -0.4 is 0 Å². The van der Waals surface area contributed by atoms with E-state index in [-0.39, 0.29) is 5.69 Å². The van der Waals surface area contributed by atoms with Gasteiger partial charge in [-0.15, -0.1) is 0 Å². The molecule has 2 rings (SSSR count). The molecule has 0 fully saturated rings. The van der Waals surface area contributed by atoms with Gasteiger partial charge in [-0.2, -0.15) is 0 Å². The van der Waals surface area contributed by atoms with Crippen molar-refractivity contribution in [2.75, 3.05) is 0 Å². The number of Topliss-reactive ketones (excluding diaryl/α,β-unsaturated/α-hetero) is 1. The van der Waals surface area contributed by atoms with Gasteiger partial charge in [0, 0.05) is 18.8 Å². The Morgan fingerprint density at radius 3 is 2.33 bits per heavy atom. The van der Waals surface area contributed by atoms with Gasteiger partial charge >= 0.3 is 5.97 Å². The van der Waals surface area contributed by atoms with E-state index >= 15 is 0 Å². The van der Waals surface area contributed by atoms with Crippen molar-refractivity contribution in [2.24, 2.45) is 7.05 Å². The monoisotopic (exact) mass is 243 g/mol. The Labute approximate surface area is 104 Å². The summed E-state index contributed by atoms with van der Waals surface area (Å²) in [5, 5.41) is 8.88. The number of carboxylic acid groups (broad SMARTS) is 1. The van der Waals surface area contributed by atoms with E-state index in [1.54, 1.807) is 17.8 Å². The lowest BCUT2D eigenvalue weighted by atomic mass is 10.0. The lowest BCUT2D eigenvalue weighted by Gasteiger charge is -2.05. The molecule has 18 heavy (non-hydrogen) atoms. The average Bonchev–Trinajstić information content (AvgIpc) is 2.64. The van der Waals surface area contributed by atoms with Gasteiger partial charge in [0.1, 0.15) is 5.69 Å². The van der Waals surface area contributed by atoms with Gasteiger partial charge in [0.25, 0.3) is 5.78 Å². The third-order valence-electron chi connectivity index (χ3n) is 2.84. The van der Waals surface area contributed by atoms with Crippen LogP contribution in [-0.4, -0.2) is 21.4 Å². The van der Waals surface area contributed by atoms with E-state index in [4.69, 9.17) is 5.11 Å². The van der Waals surface area contributed by atoms with Crippen molar-refractivity contribution in [2.45, 2.75) is 6.92 Å². The van der Waals surface area contributed by atoms with E-state index in [0.29, 0.717) is 5.56 Å². The molecule has 0 spiro atoms. The fourth-order valence-electron chi connectivity index (χ4n) is 2.13. The molecule has 0 amide bonds. The second-order valence-corrected chi connectivity index (χ2v) is 4.15. The summed E-state index contributed by atoms with van der Waals surface area (Å²) in [7, 11) is 1.68. The van der Waals surface area contributed by atoms with E-state index in [2.05, 4.69) is 0 Å². The number of carboxylic acids is 1. The summed E-state index contributed by atoms with van der Waals surface area (Å²) in [6, 6.07) is 9.32. The first-order chi connectivity index (χ1) is 8.52. The second kappa shape index (κ2) is 4.49. The summed E-state index contributed by atoms with van der Waals surface area (Å²) in [6.45, 7) is 1.86. The zero-order chi connectivity index (χ0) is 13.3. The zero-order valence-corrected chi connectivity index (χ0v) is 10.2. The molecule has 1 heterocycles. The molecule has 0 saturated carbocycles. The fraction of sp³-hybridized carbons (Fsp3) is 0.143. The Morgan fingerprint density at radius 1 is 1.17 bits per heavy atom. The van der Waals surface area contributed by atoms with Gasteiger partial charge in [-0.05, 0) is 18.1 Å². The highest BCUT2D eigenvalue weighted by atomic mass is 16.4. The van der Waals surface area contributed by atoms with Crippen LogP contribution in [0.4, 0.5) is 0 Å². The summed E-state index contributed by atoms with van der Waals surface area (Å²) < 4.78 is 1.56. The molecule has 0 unspecified atom stereocenters. The van der Waals surface area contributed by atoms with Crippen LogP contribution in [0.25, 0.3) is 11.1 Å². The maximum absolute atomic E-state index is 11.8. The molecule has 0 aliphatic carbocycles. The number of aryl methyl sites for hydroxylation is 2. The van der Waals surface area contributed by atoms with Gasteiger partial charge in [0.05, 0.1) is 0 Å². The first-order valence-electron chi connectivity index (χ1n) is 5.51. The smallest absolute Gasteiger partial charge is 0.378 e. The van der Waals surface area contributed by atoms with Crippen LogP contribution in [0.5, 0.6) is 0 Å². The number of nitrogens with zero attached hydrogens (tertiary/aromatic N) is 1. The third-order valence-corrected chi connectivity index (χ3v) is 2.84. The standard InChI is InChI=1S/C14H13NO3/c1-9-8-15(2)12(13(16)14(17)18)11(9)10-6-4-3-5-7-10/h3-8H,1-2H3,(H,17,18). The number of carbonyl (C=O) groups is 2. The Kier molecular flexibility index (Phi) is 3.02. The van der Waals surface area contributed by atoms with Crippen molar-refractivity contribution in [1.82, 2.24) is 4.57 Å². The van der Waals surface area contributed by atoms with Gasteiger partial charge in [-0.1, -0.05) is 30.3 Å². The summed E-state index contributed by atoms with van der Waals surface area (Å²) in [5.74, 6) is -2.32. The molecule has 2 aromatic rings. The van der Waals surface area contributed by atoms with E-state index in [1.807, 2.05) is 37.3 Å². The van der Waals surface area contributed by atoms with Crippen LogP contribution in [0.15, 0.2) is 36.5 Å². The first-order valence-corrected chi connectivity index (χ1v) is 5.51. The number of hydrogen-bond acceptors (Lipinski definition) is 2. The highest BCUT2D eigenvalue weighted by Gasteiger charge is 2.24. The Hall–Kier alpha value is -2.36. The number of hydrogen-bond donors (Lipinski definition) is 1. The van der Waals surface area contributed by atoms with Crippen molar-refractivity contribution in [3.05, 3.63) is 47.8 Å². The largest absolute Gasteiger partial charge is 0.475 e. The SMILES string of the molecule is Cc1cn(C)c(C(=O)C(=O)O)c1-c1ccccc1. The van der Waals surface area contributed by atoms with Gasteiger partial charge in [0.2, 0.25) is 0 Å². The number of benzene rings is 1. The molecular weight excluding hydrogens is 230 g/mol. The van der Waals surface area contributed by atoms with Crippen molar-refractivity contribution < 1.29 is 14.7 Å². The summed E-state index contributed by atoms with van der Waals surface area (Å²) in [6.07, 6.45) is 1.76. The van der Waals surface area contributed by atoms with Crippen LogP contribution in [0.1, 0.15) is 16.1 Å². The first kappa shape index (κ1) is 12.1. The van der Waals surface area contributed by atoms with Gasteiger partial charge in [-0.25, -0.2) is 4.79 Å². The summed E-state index contributed by atoms with van der Waals surface area (Å²) in [4.78, 5) is 22.6. The average molecular weight is 243 g/mol. The maximum Gasteiger partial charge on any atom is 0.378 e. The molecule has 1 aromatic heterocycles. The van der Waals surface area contributed by atoms with Gasteiger partial charge in [-0.3, -0.25) is 4.79 Å². The van der Waals surface area contributed by atoms with Crippen LogP contribution in [-0.2, 0) is 11.8 Å². The molecule has 0 bridgehead atoms. The second-order valence-electron chi connectivity index (χ2n) is 4.15. The Balaban J connectivity index is 2.68. The Bertz CT molecular complexity index is 611. The third kappa shape index (κ3) is 1.93. The molecule has 1 aromatic carbocycles. The minimum Gasteiger partial charge on any atom is -0.475 e. The van der Waals surface area contributed by atoms with Crippen molar-refractivity contribution in [1.29, 1.82) is 0 Å². The predicted molar refractivity (Wildman–Crippen MR) is 67.6 cm³/mol. The van der Waals surface area contributed by atoms with Crippen LogP contribution >= 0.6 is 0 Å². The van der Waals surface area contributed by atoms with Crippen molar-refractivity contribution in [3.8, 4) is 11.1 Å². The number of carbonyl (C=O) groups excluding carboxylic acids is 1. The molecule has 92 valence electrons. The van der Waals surface area contributed by atoms with E-state index in [0.717, 1.165) is 11.1 Å². The van der Waals surface area contributed by atoms with E-state index in [1.165, 1.54) is 0 Å². The molecule has 0 aliphatic heterocycles. The predicted octanol–water partition coefficient (Wildman–Crippen LogP) is 2.27. The van der Waals surface area contributed by atoms with Crippen molar-refractivity contribution >= 4 is 11.8 Å². The quantitative estimate of drug-likeness (QED) is 0.664. The Morgan fingerprint density at radius 2 is 1.78 bits per heavy atom. The maximum atomic E-state index is 11.8. The number of rotatable bonds is 3. The van der Waals surface area contributed by atoms with E-state index in [9.17, 15) is 9.59 Å². The normalized spacial score (nSPS) is 10.3. The van der Waals surface area contributed by atoms with Crippen molar-refractivity contribution in [3.63, 3.8) is 0 Å². The van der Waals surface area contributed by atoms with Crippen LogP contribution in [0.3, 0.4) is 0 Å². The lowest BCUT2D eigenvalue weighted by molar-refractivity contribution is -0.131. The van der Waals surface area contributed by atoms with Crippen LogP contribution in [0.2, 0.25) is 0 Å². The molecule has 0 radical (unpaired) electrons. The topological polar surface area (TPSA) is 59.3 Å². The minimum atomic E-state index is -1.44. The molecule has 0 atom stereocenters. The number of aliphatic carboxylic acids is 1. The lowest BCUT2D eigenvalue weighted by Crippen LogP contribution is -2.17. The highest BCUT2D eigenvalue weighted by molar-refractivity contribution is 6.40. The van der Waals surface area contributed by atoms with Gasteiger partial charge in [0.15, 0.2) is 0 Å². The van der Waals surface area contributed by atoms with Crippen LogP contribution in [0, 0.1) is 6.92 Å². The minimum absolute atomic E-state index is 0.214. The molecular formula is C14H13NO3. The fourth-order valence-corrected chi connectivity index (χ4v) is 2.13. The number of ketones is 1. The van der Waals surface area contributed by atoms with Gasteiger partial charge < -0.3 is 9.67 Å². The molecule has 4 nitrogen and oxygen atoms in total. The molecule has 1 N–H and O–H groups in total. The summed E-state index contributed by atoms with van der Waals surface area (Å²) >= 11 is 0. The highest BCUT2D eigenvalue weighted by Crippen LogP contribution is 2.28. The molecule has 4 heteroatoms.